The molecule has 0 fully saturated rings. The van der Waals surface area contributed by atoms with E-state index in [9.17, 15) is 18.8 Å². The zero-order valence-electron chi connectivity index (χ0n) is 14.4. The van der Waals surface area contributed by atoms with Gasteiger partial charge in [0.1, 0.15) is 11.5 Å². The predicted octanol–water partition coefficient (Wildman–Crippen LogP) is 2.86. The lowest BCUT2D eigenvalue weighted by atomic mass is 10.2. The van der Waals surface area contributed by atoms with Crippen molar-refractivity contribution in [2.24, 2.45) is 7.05 Å². The number of esters is 1. The summed E-state index contributed by atoms with van der Waals surface area (Å²) in [6.07, 6.45) is 0.422. The van der Waals surface area contributed by atoms with Gasteiger partial charge in [0.15, 0.2) is 11.9 Å². The molecule has 0 aliphatic heterocycles. The molecular formula is C18H19FN2O4. The largest absolute Gasteiger partial charge is 0.448 e. The molecular weight excluding hydrogens is 327 g/mol. The van der Waals surface area contributed by atoms with E-state index in [-0.39, 0.29) is 17.2 Å². The number of hydrogen-bond acceptors (Lipinski definition) is 4. The molecule has 0 bridgehead atoms. The van der Waals surface area contributed by atoms with E-state index in [2.05, 4.69) is 5.32 Å². The van der Waals surface area contributed by atoms with Crippen molar-refractivity contribution in [2.75, 3.05) is 5.32 Å². The maximum absolute atomic E-state index is 13.5. The molecule has 25 heavy (non-hydrogen) atoms. The molecule has 132 valence electrons. The van der Waals surface area contributed by atoms with Gasteiger partial charge in [-0.3, -0.25) is 9.59 Å². The van der Waals surface area contributed by atoms with Crippen LogP contribution in [0.1, 0.15) is 40.3 Å². The first-order chi connectivity index (χ1) is 11.7. The van der Waals surface area contributed by atoms with Crippen LogP contribution in [0.25, 0.3) is 0 Å². The van der Waals surface area contributed by atoms with Gasteiger partial charge in [-0.25, -0.2) is 9.18 Å². The average Bonchev–Trinajstić information content (AvgIpc) is 2.93. The molecule has 2 rings (SSSR count). The summed E-state index contributed by atoms with van der Waals surface area (Å²) in [6, 6.07) is 5.69. The fourth-order valence-electron chi connectivity index (χ4n) is 2.15. The molecule has 7 heteroatoms. The second kappa shape index (κ2) is 7.29. The van der Waals surface area contributed by atoms with Crippen molar-refractivity contribution in [2.45, 2.75) is 26.9 Å². The number of carbonyl (C=O) groups excluding carboxylic acids is 3. The molecule has 0 saturated heterocycles. The fourth-order valence-corrected chi connectivity index (χ4v) is 2.15. The number of aromatic nitrogens is 1. The number of nitrogens with zero attached hydrogens (tertiary/aromatic N) is 1. The molecule has 0 aliphatic rings. The second-order valence-electron chi connectivity index (χ2n) is 5.78. The molecule has 1 atom stereocenters. The van der Waals surface area contributed by atoms with Gasteiger partial charge in [0, 0.05) is 24.5 Å². The third kappa shape index (κ3) is 4.32. The molecule has 1 heterocycles. The Kier molecular flexibility index (Phi) is 5.36. The van der Waals surface area contributed by atoms with E-state index in [0.717, 1.165) is 0 Å². The van der Waals surface area contributed by atoms with Crippen molar-refractivity contribution < 1.29 is 23.5 Å². The van der Waals surface area contributed by atoms with Crippen LogP contribution >= 0.6 is 0 Å². The van der Waals surface area contributed by atoms with Gasteiger partial charge in [-0.15, -0.1) is 0 Å². The summed E-state index contributed by atoms with van der Waals surface area (Å²) in [6.45, 7) is 4.41. The highest BCUT2D eigenvalue weighted by atomic mass is 19.1. The number of hydrogen-bond donors (Lipinski definition) is 1. The first-order valence-corrected chi connectivity index (χ1v) is 7.64. The van der Waals surface area contributed by atoms with Crippen LogP contribution in [-0.4, -0.2) is 28.3 Å². The molecule has 1 amide bonds. The number of halogens is 1. The van der Waals surface area contributed by atoms with Gasteiger partial charge in [0.05, 0.1) is 0 Å². The number of ketones is 1. The Balaban J connectivity index is 2.04. The third-order valence-electron chi connectivity index (χ3n) is 3.71. The van der Waals surface area contributed by atoms with E-state index >= 15 is 0 Å². The van der Waals surface area contributed by atoms with Gasteiger partial charge in [-0.1, -0.05) is 6.07 Å². The van der Waals surface area contributed by atoms with Crippen LogP contribution in [0.2, 0.25) is 0 Å². The van der Waals surface area contributed by atoms with Gasteiger partial charge in [-0.05, 0) is 44.5 Å². The standard InChI is InChI=1S/C18H19FN2O4/c1-10-5-6-14(8-15(10)19)20-17(23)12(3)25-18(24)16-7-13(11(2)22)9-21(16)4/h5-9,12H,1-4H3,(H,20,23)/t12-/m0/s1. The Morgan fingerprint density at radius 2 is 1.92 bits per heavy atom. The third-order valence-corrected chi connectivity index (χ3v) is 3.71. The lowest BCUT2D eigenvalue weighted by molar-refractivity contribution is -0.123. The predicted molar refractivity (Wildman–Crippen MR) is 90.1 cm³/mol. The topological polar surface area (TPSA) is 77.4 Å². The van der Waals surface area contributed by atoms with Crippen LogP contribution < -0.4 is 5.32 Å². The Bertz CT molecular complexity index is 842. The number of rotatable bonds is 5. The maximum atomic E-state index is 13.5. The Morgan fingerprint density at radius 3 is 2.48 bits per heavy atom. The molecule has 1 aromatic carbocycles. The van der Waals surface area contributed by atoms with Crippen molar-refractivity contribution in [1.29, 1.82) is 0 Å². The van der Waals surface area contributed by atoms with Crippen molar-refractivity contribution in [1.82, 2.24) is 4.57 Å². The van der Waals surface area contributed by atoms with Crippen LogP contribution in [0.5, 0.6) is 0 Å². The van der Waals surface area contributed by atoms with Crippen LogP contribution in [-0.2, 0) is 16.6 Å². The number of carbonyl (C=O) groups is 3. The summed E-state index contributed by atoms with van der Waals surface area (Å²) in [7, 11) is 1.60. The number of aryl methyl sites for hydroxylation is 2. The van der Waals surface area contributed by atoms with Crippen molar-refractivity contribution >= 4 is 23.3 Å². The molecule has 2 aromatic rings. The smallest absolute Gasteiger partial charge is 0.355 e. The van der Waals surface area contributed by atoms with Gasteiger partial charge >= 0.3 is 5.97 Å². The zero-order valence-corrected chi connectivity index (χ0v) is 14.4. The van der Waals surface area contributed by atoms with E-state index in [0.29, 0.717) is 11.1 Å². The van der Waals surface area contributed by atoms with Crippen LogP contribution in [0.3, 0.4) is 0 Å². The normalized spacial score (nSPS) is 11.7. The lowest BCUT2D eigenvalue weighted by Crippen LogP contribution is -2.30. The van der Waals surface area contributed by atoms with E-state index in [1.54, 1.807) is 20.0 Å². The number of ether oxygens (including phenoxy) is 1. The molecule has 1 N–H and O–H groups in total. The van der Waals surface area contributed by atoms with Gasteiger partial charge in [-0.2, -0.15) is 0 Å². The number of Topliss-reactive ketones (excluding diaryl/α,β-unsaturated/α-hetero) is 1. The highest BCUT2D eigenvalue weighted by Gasteiger charge is 2.22. The summed E-state index contributed by atoms with van der Waals surface area (Å²) < 4.78 is 20.1. The number of nitrogens with one attached hydrogen (secondary N) is 1. The summed E-state index contributed by atoms with van der Waals surface area (Å²) in [5, 5.41) is 2.49. The van der Waals surface area contributed by atoms with Crippen molar-refractivity contribution in [3.63, 3.8) is 0 Å². The van der Waals surface area contributed by atoms with Gasteiger partial charge in [0.2, 0.25) is 0 Å². The molecule has 0 saturated carbocycles. The van der Waals surface area contributed by atoms with Gasteiger partial charge in [0.25, 0.3) is 5.91 Å². The van der Waals surface area contributed by atoms with Crippen molar-refractivity contribution in [3.8, 4) is 0 Å². The first kappa shape index (κ1) is 18.4. The molecule has 0 aliphatic carbocycles. The molecule has 6 nitrogen and oxygen atoms in total. The maximum Gasteiger partial charge on any atom is 0.355 e. The number of anilines is 1. The highest BCUT2D eigenvalue weighted by Crippen LogP contribution is 2.15. The minimum Gasteiger partial charge on any atom is -0.448 e. The summed E-state index contributed by atoms with van der Waals surface area (Å²) in [4.78, 5) is 35.6. The van der Waals surface area contributed by atoms with E-state index in [1.165, 1.54) is 42.8 Å². The van der Waals surface area contributed by atoms with Crippen LogP contribution in [0, 0.1) is 12.7 Å². The van der Waals surface area contributed by atoms with Crippen LogP contribution in [0.4, 0.5) is 10.1 Å². The Hall–Kier alpha value is -2.96. The minimum atomic E-state index is -1.09. The number of benzene rings is 1. The van der Waals surface area contributed by atoms with E-state index in [4.69, 9.17) is 4.74 Å². The lowest BCUT2D eigenvalue weighted by Gasteiger charge is -2.14. The zero-order chi connectivity index (χ0) is 18.7. The second-order valence-corrected chi connectivity index (χ2v) is 5.78. The van der Waals surface area contributed by atoms with Crippen molar-refractivity contribution in [3.05, 3.63) is 53.1 Å². The molecule has 0 spiro atoms. The molecule has 0 radical (unpaired) electrons. The van der Waals surface area contributed by atoms with E-state index in [1.807, 2.05) is 0 Å². The van der Waals surface area contributed by atoms with E-state index < -0.39 is 23.8 Å². The molecule has 0 unspecified atom stereocenters. The van der Waals surface area contributed by atoms with Crippen LogP contribution in [0.15, 0.2) is 30.5 Å². The summed E-state index contributed by atoms with van der Waals surface area (Å²) >= 11 is 0. The SMILES string of the molecule is CC(=O)c1cc(C(=O)O[C@@H](C)C(=O)Nc2ccc(C)c(F)c2)n(C)c1. The van der Waals surface area contributed by atoms with Gasteiger partial charge < -0.3 is 14.6 Å². The molecule has 1 aromatic heterocycles. The average molecular weight is 346 g/mol. The minimum absolute atomic E-state index is 0.159. The first-order valence-electron chi connectivity index (χ1n) is 7.64. The Labute approximate surface area is 144 Å². The summed E-state index contributed by atoms with van der Waals surface area (Å²) in [5.41, 5.74) is 1.27. The Morgan fingerprint density at radius 1 is 1.24 bits per heavy atom. The highest BCUT2D eigenvalue weighted by molar-refractivity contribution is 5.99. The quantitative estimate of drug-likeness (QED) is 0.667. The number of amides is 1. The monoisotopic (exact) mass is 346 g/mol. The fraction of sp³-hybridized carbons (Fsp3) is 0.278. The summed E-state index contributed by atoms with van der Waals surface area (Å²) in [5.74, 6) is -1.94.